The zero-order valence-electron chi connectivity index (χ0n) is 11.7. The first-order chi connectivity index (χ1) is 9.72. The molecule has 0 aliphatic heterocycles. The SMILES string of the molecule is Cn1ccc(CC(CNC2CC2)c2ccccc2Cl)n1. The molecule has 1 aromatic carbocycles. The highest BCUT2D eigenvalue weighted by Crippen LogP contribution is 2.28. The van der Waals surface area contributed by atoms with E-state index in [0.717, 1.165) is 23.7 Å². The van der Waals surface area contributed by atoms with Crippen molar-refractivity contribution >= 4 is 11.6 Å². The summed E-state index contributed by atoms with van der Waals surface area (Å²) < 4.78 is 1.85. The van der Waals surface area contributed by atoms with Gasteiger partial charge < -0.3 is 5.32 Å². The molecule has 4 heteroatoms. The van der Waals surface area contributed by atoms with Crippen molar-refractivity contribution < 1.29 is 0 Å². The average molecular weight is 290 g/mol. The molecule has 0 bridgehead atoms. The van der Waals surface area contributed by atoms with E-state index in [1.54, 1.807) is 0 Å². The Morgan fingerprint density at radius 1 is 1.35 bits per heavy atom. The van der Waals surface area contributed by atoms with Crippen LogP contribution in [0.3, 0.4) is 0 Å². The second-order valence-corrected chi connectivity index (χ2v) is 5.99. The van der Waals surface area contributed by atoms with Crippen LogP contribution in [-0.4, -0.2) is 22.4 Å². The van der Waals surface area contributed by atoms with Gasteiger partial charge in [0.2, 0.25) is 0 Å². The van der Waals surface area contributed by atoms with Gasteiger partial charge in [0.05, 0.1) is 5.69 Å². The Kier molecular flexibility index (Phi) is 4.08. The molecule has 0 saturated heterocycles. The maximum Gasteiger partial charge on any atom is 0.0631 e. The molecule has 1 heterocycles. The number of halogens is 1. The maximum absolute atomic E-state index is 6.37. The van der Waals surface area contributed by atoms with Gasteiger partial charge in [-0.05, 0) is 37.0 Å². The zero-order chi connectivity index (χ0) is 13.9. The van der Waals surface area contributed by atoms with Crippen LogP contribution in [0.2, 0.25) is 5.02 Å². The largest absolute Gasteiger partial charge is 0.313 e. The van der Waals surface area contributed by atoms with Crippen LogP contribution in [0.4, 0.5) is 0 Å². The quantitative estimate of drug-likeness (QED) is 0.885. The van der Waals surface area contributed by atoms with Gasteiger partial charge in [-0.25, -0.2) is 0 Å². The molecule has 1 atom stereocenters. The standard InChI is InChI=1S/C16H20ClN3/c1-20-9-8-14(19-20)10-12(11-18-13-6-7-13)15-4-2-3-5-16(15)17/h2-5,8-9,12-13,18H,6-7,10-11H2,1H3. The van der Waals surface area contributed by atoms with E-state index in [-0.39, 0.29) is 0 Å². The van der Waals surface area contributed by atoms with Crippen molar-refractivity contribution in [2.45, 2.75) is 31.2 Å². The van der Waals surface area contributed by atoms with E-state index in [2.05, 4.69) is 28.6 Å². The highest BCUT2D eigenvalue weighted by molar-refractivity contribution is 6.31. The smallest absolute Gasteiger partial charge is 0.0631 e. The normalized spacial score (nSPS) is 16.3. The number of rotatable bonds is 6. The maximum atomic E-state index is 6.37. The lowest BCUT2D eigenvalue weighted by Gasteiger charge is -2.18. The molecule has 1 fully saturated rings. The molecule has 1 N–H and O–H groups in total. The molecule has 2 aromatic rings. The van der Waals surface area contributed by atoms with Gasteiger partial charge in [-0.15, -0.1) is 0 Å². The number of hydrogen-bond acceptors (Lipinski definition) is 2. The number of nitrogens with zero attached hydrogens (tertiary/aromatic N) is 2. The summed E-state index contributed by atoms with van der Waals surface area (Å²) in [6.45, 7) is 0.963. The van der Waals surface area contributed by atoms with Crippen molar-refractivity contribution in [1.29, 1.82) is 0 Å². The highest BCUT2D eigenvalue weighted by Gasteiger charge is 2.23. The number of aryl methyl sites for hydroxylation is 1. The van der Waals surface area contributed by atoms with E-state index >= 15 is 0 Å². The molecule has 1 aliphatic rings. The Morgan fingerprint density at radius 2 is 2.15 bits per heavy atom. The van der Waals surface area contributed by atoms with E-state index in [1.165, 1.54) is 18.4 Å². The minimum Gasteiger partial charge on any atom is -0.313 e. The Balaban J connectivity index is 1.77. The van der Waals surface area contributed by atoms with Gasteiger partial charge in [-0.3, -0.25) is 4.68 Å². The molecule has 106 valence electrons. The summed E-state index contributed by atoms with van der Waals surface area (Å²) in [4.78, 5) is 0. The van der Waals surface area contributed by atoms with Crippen LogP contribution in [-0.2, 0) is 13.5 Å². The van der Waals surface area contributed by atoms with Crippen LogP contribution < -0.4 is 5.32 Å². The first-order valence-corrected chi connectivity index (χ1v) is 7.56. The van der Waals surface area contributed by atoms with Crippen LogP contribution in [0.25, 0.3) is 0 Å². The predicted molar refractivity (Wildman–Crippen MR) is 82.1 cm³/mol. The van der Waals surface area contributed by atoms with Crippen molar-refractivity contribution in [2.24, 2.45) is 7.05 Å². The number of nitrogens with one attached hydrogen (secondary N) is 1. The third-order valence-corrected chi connectivity index (χ3v) is 4.14. The van der Waals surface area contributed by atoms with Gasteiger partial charge in [0.25, 0.3) is 0 Å². The molecular weight excluding hydrogens is 270 g/mol. The summed E-state index contributed by atoms with van der Waals surface area (Å²) in [6, 6.07) is 10.9. The lowest BCUT2D eigenvalue weighted by atomic mass is 9.94. The van der Waals surface area contributed by atoms with Crippen LogP contribution in [0.5, 0.6) is 0 Å². The Labute approximate surface area is 124 Å². The molecular formula is C16H20ClN3. The summed E-state index contributed by atoms with van der Waals surface area (Å²) in [7, 11) is 1.95. The van der Waals surface area contributed by atoms with Gasteiger partial charge in [-0.1, -0.05) is 29.8 Å². The first-order valence-electron chi connectivity index (χ1n) is 7.18. The predicted octanol–water partition coefficient (Wildman–Crippen LogP) is 3.15. The van der Waals surface area contributed by atoms with Crippen molar-refractivity contribution in [1.82, 2.24) is 15.1 Å². The first kappa shape index (κ1) is 13.7. The molecule has 0 radical (unpaired) electrons. The highest BCUT2D eigenvalue weighted by atomic mass is 35.5. The number of aromatic nitrogens is 2. The van der Waals surface area contributed by atoms with Gasteiger partial charge in [0, 0.05) is 36.8 Å². The van der Waals surface area contributed by atoms with Crippen molar-refractivity contribution in [3.05, 3.63) is 52.8 Å². The van der Waals surface area contributed by atoms with Crippen molar-refractivity contribution in [2.75, 3.05) is 6.54 Å². The third-order valence-electron chi connectivity index (χ3n) is 3.80. The molecule has 20 heavy (non-hydrogen) atoms. The monoisotopic (exact) mass is 289 g/mol. The van der Waals surface area contributed by atoms with Crippen LogP contribution in [0, 0.1) is 0 Å². The fraction of sp³-hybridized carbons (Fsp3) is 0.438. The minimum absolute atomic E-state index is 0.374. The van der Waals surface area contributed by atoms with E-state index in [0.29, 0.717) is 12.0 Å². The number of hydrogen-bond donors (Lipinski definition) is 1. The number of benzene rings is 1. The molecule has 1 aromatic heterocycles. The van der Waals surface area contributed by atoms with E-state index < -0.39 is 0 Å². The van der Waals surface area contributed by atoms with Crippen LogP contribution in [0.15, 0.2) is 36.5 Å². The average Bonchev–Trinajstić information content (AvgIpc) is 3.18. The molecule has 1 unspecified atom stereocenters. The summed E-state index contributed by atoms with van der Waals surface area (Å²) in [5.41, 5.74) is 2.34. The second-order valence-electron chi connectivity index (χ2n) is 5.59. The van der Waals surface area contributed by atoms with Crippen molar-refractivity contribution in [3.8, 4) is 0 Å². The summed E-state index contributed by atoms with van der Waals surface area (Å²) in [6.07, 6.45) is 5.52. The zero-order valence-corrected chi connectivity index (χ0v) is 12.5. The molecule has 0 spiro atoms. The molecule has 3 rings (SSSR count). The van der Waals surface area contributed by atoms with Gasteiger partial charge in [0.15, 0.2) is 0 Å². The van der Waals surface area contributed by atoms with Gasteiger partial charge >= 0.3 is 0 Å². The third kappa shape index (κ3) is 3.41. The lowest BCUT2D eigenvalue weighted by molar-refractivity contribution is 0.568. The Morgan fingerprint density at radius 3 is 2.80 bits per heavy atom. The minimum atomic E-state index is 0.374. The fourth-order valence-corrected chi connectivity index (χ4v) is 2.81. The second kappa shape index (κ2) is 5.98. The van der Waals surface area contributed by atoms with Gasteiger partial charge in [0.1, 0.15) is 0 Å². The molecule has 1 aliphatic carbocycles. The van der Waals surface area contributed by atoms with Crippen LogP contribution >= 0.6 is 11.6 Å². The topological polar surface area (TPSA) is 29.9 Å². The summed E-state index contributed by atoms with van der Waals surface area (Å²) in [5.74, 6) is 0.374. The van der Waals surface area contributed by atoms with E-state index in [1.807, 2.05) is 30.1 Å². The molecule has 1 saturated carbocycles. The van der Waals surface area contributed by atoms with Crippen LogP contribution in [0.1, 0.15) is 30.0 Å². The summed E-state index contributed by atoms with van der Waals surface area (Å²) >= 11 is 6.37. The van der Waals surface area contributed by atoms with Crippen molar-refractivity contribution in [3.63, 3.8) is 0 Å². The Bertz CT molecular complexity index is 575. The Hall–Kier alpha value is -1.32. The lowest BCUT2D eigenvalue weighted by Crippen LogP contribution is -2.25. The summed E-state index contributed by atoms with van der Waals surface area (Å²) in [5, 5.41) is 8.96. The van der Waals surface area contributed by atoms with E-state index in [9.17, 15) is 0 Å². The molecule has 0 amide bonds. The molecule has 3 nitrogen and oxygen atoms in total. The van der Waals surface area contributed by atoms with Gasteiger partial charge in [-0.2, -0.15) is 5.10 Å². The van der Waals surface area contributed by atoms with E-state index in [4.69, 9.17) is 11.6 Å². The fourth-order valence-electron chi connectivity index (χ4n) is 2.52.